The van der Waals surface area contributed by atoms with Crippen molar-refractivity contribution in [1.82, 2.24) is 10.3 Å². The van der Waals surface area contributed by atoms with E-state index in [9.17, 15) is 23.3 Å². The zero-order chi connectivity index (χ0) is 17.6. The molecule has 24 heavy (non-hydrogen) atoms. The van der Waals surface area contributed by atoms with Crippen molar-refractivity contribution in [2.24, 2.45) is 0 Å². The molecule has 0 bridgehead atoms. The van der Waals surface area contributed by atoms with Crippen LogP contribution in [0.1, 0.15) is 15.9 Å². The number of nitro benzene ring substituents is 1. The van der Waals surface area contributed by atoms with E-state index in [1.807, 2.05) is 4.83 Å². The number of hydrogen-bond donors (Lipinski definition) is 2. The summed E-state index contributed by atoms with van der Waals surface area (Å²) in [7, 11) is -3.91. The molecular formula is C15H13N3O5S. The standard InChI is InChI=1S/C15H13N3O5S/c19-15(13-4-2-1-3-5-13)16-17-24(22,23)11-10-12-6-8-14(9-7-12)18(20)21/h1-11,17H,(H,16,19). The SMILES string of the molecule is O=C(NNS(=O)(=O)C=Cc1ccc([N+](=O)[O-])cc1)c1ccccc1. The molecule has 2 N–H and O–H groups in total. The number of nitro groups is 1. The summed E-state index contributed by atoms with van der Waals surface area (Å²) in [6.45, 7) is 0. The van der Waals surface area contributed by atoms with Gasteiger partial charge in [0.1, 0.15) is 0 Å². The number of nitrogens with one attached hydrogen (secondary N) is 2. The topological polar surface area (TPSA) is 118 Å². The molecule has 0 heterocycles. The maximum absolute atomic E-state index is 11.8. The molecule has 0 aliphatic heterocycles. The molecule has 0 atom stereocenters. The summed E-state index contributed by atoms with van der Waals surface area (Å²) in [5.74, 6) is -0.595. The third kappa shape index (κ3) is 5.00. The Morgan fingerprint density at radius 2 is 1.67 bits per heavy atom. The molecule has 0 saturated heterocycles. The van der Waals surface area contributed by atoms with Gasteiger partial charge in [-0.25, -0.2) is 8.42 Å². The zero-order valence-corrected chi connectivity index (χ0v) is 13.1. The van der Waals surface area contributed by atoms with Crippen molar-refractivity contribution in [1.29, 1.82) is 0 Å². The van der Waals surface area contributed by atoms with Gasteiger partial charge in [-0.3, -0.25) is 20.3 Å². The Kier molecular flexibility index (Phi) is 5.40. The first kappa shape index (κ1) is 17.3. The van der Waals surface area contributed by atoms with Crippen LogP contribution in [0.5, 0.6) is 0 Å². The van der Waals surface area contributed by atoms with Gasteiger partial charge in [-0.2, -0.15) is 0 Å². The number of carbonyl (C=O) groups excluding carboxylic acids is 1. The molecule has 0 radical (unpaired) electrons. The lowest BCUT2D eigenvalue weighted by Gasteiger charge is -2.05. The minimum Gasteiger partial charge on any atom is -0.274 e. The van der Waals surface area contributed by atoms with Crippen LogP contribution in [0.15, 0.2) is 60.0 Å². The summed E-state index contributed by atoms with van der Waals surface area (Å²) in [6, 6.07) is 13.4. The van der Waals surface area contributed by atoms with Gasteiger partial charge in [-0.15, -0.1) is 4.83 Å². The van der Waals surface area contributed by atoms with E-state index in [0.29, 0.717) is 11.1 Å². The fraction of sp³-hybridized carbons (Fsp3) is 0. The van der Waals surface area contributed by atoms with Gasteiger partial charge in [0.05, 0.1) is 4.92 Å². The third-order valence-electron chi connectivity index (χ3n) is 2.89. The highest BCUT2D eigenvalue weighted by Gasteiger charge is 2.09. The van der Waals surface area contributed by atoms with Crippen LogP contribution in [0.25, 0.3) is 6.08 Å². The van der Waals surface area contributed by atoms with Crippen molar-refractivity contribution in [2.45, 2.75) is 0 Å². The Hall–Kier alpha value is -3.04. The van der Waals surface area contributed by atoms with Gasteiger partial charge in [0, 0.05) is 23.1 Å². The largest absolute Gasteiger partial charge is 0.274 e. The Labute approximate surface area is 138 Å². The van der Waals surface area contributed by atoms with Gasteiger partial charge >= 0.3 is 0 Å². The highest BCUT2D eigenvalue weighted by molar-refractivity contribution is 7.92. The molecule has 0 spiro atoms. The molecule has 0 saturated carbocycles. The van der Waals surface area contributed by atoms with E-state index in [4.69, 9.17) is 0 Å². The van der Waals surface area contributed by atoms with Crippen LogP contribution in [-0.4, -0.2) is 19.2 Å². The molecular weight excluding hydrogens is 334 g/mol. The average molecular weight is 347 g/mol. The molecule has 0 aliphatic carbocycles. The van der Waals surface area contributed by atoms with Gasteiger partial charge < -0.3 is 0 Å². The van der Waals surface area contributed by atoms with Gasteiger partial charge in [-0.05, 0) is 35.9 Å². The Bertz CT molecular complexity index is 862. The Morgan fingerprint density at radius 1 is 1.04 bits per heavy atom. The number of sulfonamides is 1. The summed E-state index contributed by atoms with van der Waals surface area (Å²) < 4.78 is 23.6. The Morgan fingerprint density at radius 3 is 2.25 bits per heavy atom. The van der Waals surface area contributed by atoms with Crippen molar-refractivity contribution in [3.05, 3.63) is 81.2 Å². The second-order valence-corrected chi connectivity index (χ2v) is 6.18. The number of non-ortho nitro benzene ring substituents is 1. The van der Waals surface area contributed by atoms with Gasteiger partial charge in [-0.1, -0.05) is 18.2 Å². The van der Waals surface area contributed by atoms with Crippen molar-refractivity contribution in [2.75, 3.05) is 0 Å². The molecule has 2 aromatic carbocycles. The van der Waals surface area contributed by atoms with Crippen molar-refractivity contribution >= 4 is 27.7 Å². The first-order valence-electron chi connectivity index (χ1n) is 6.67. The predicted molar refractivity (Wildman–Crippen MR) is 88.1 cm³/mol. The zero-order valence-electron chi connectivity index (χ0n) is 12.2. The van der Waals surface area contributed by atoms with E-state index in [0.717, 1.165) is 5.41 Å². The highest BCUT2D eigenvalue weighted by atomic mass is 32.2. The second kappa shape index (κ2) is 7.49. The highest BCUT2D eigenvalue weighted by Crippen LogP contribution is 2.13. The van der Waals surface area contributed by atoms with Crippen LogP contribution in [0, 0.1) is 10.1 Å². The van der Waals surface area contributed by atoms with Crippen LogP contribution >= 0.6 is 0 Å². The summed E-state index contributed by atoms with van der Waals surface area (Å²) >= 11 is 0. The van der Waals surface area contributed by atoms with Crippen LogP contribution < -0.4 is 10.3 Å². The molecule has 9 heteroatoms. The minimum atomic E-state index is -3.91. The molecule has 2 aromatic rings. The maximum Gasteiger partial charge on any atom is 0.269 e. The van der Waals surface area contributed by atoms with Gasteiger partial charge in [0.25, 0.3) is 21.6 Å². The number of nitrogens with zero attached hydrogens (tertiary/aromatic N) is 1. The lowest BCUT2D eigenvalue weighted by atomic mass is 10.2. The molecule has 124 valence electrons. The quantitative estimate of drug-likeness (QED) is 0.610. The molecule has 0 unspecified atom stereocenters. The van der Waals surface area contributed by atoms with E-state index < -0.39 is 20.9 Å². The molecule has 1 amide bonds. The number of amides is 1. The number of hydrazine groups is 1. The molecule has 0 fully saturated rings. The smallest absolute Gasteiger partial charge is 0.269 e. The molecule has 2 rings (SSSR count). The molecule has 0 aromatic heterocycles. The van der Waals surface area contributed by atoms with Crippen molar-refractivity contribution < 1.29 is 18.1 Å². The maximum atomic E-state index is 11.8. The van der Waals surface area contributed by atoms with E-state index in [2.05, 4.69) is 5.43 Å². The lowest BCUT2D eigenvalue weighted by molar-refractivity contribution is -0.384. The first-order valence-corrected chi connectivity index (χ1v) is 8.22. The monoisotopic (exact) mass is 347 g/mol. The lowest BCUT2D eigenvalue weighted by Crippen LogP contribution is -2.40. The van der Waals surface area contributed by atoms with E-state index in [1.165, 1.54) is 42.5 Å². The summed E-state index contributed by atoms with van der Waals surface area (Å²) in [4.78, 5) is 23.7. The summed E-state index contributed by atoms with van der Waals surface area (Å²) in [5, 5.41) is 11.4. The Balaban J connectivity index is 1.98. The summed E-state index contributed by atoms with van der Waals surface area (Å²) in [5.41, 5.74) is 2.75. The number of rotatable bonds is 6. The molecule has 0 aliphatic rings. The van der Waals surface area contributed by atoms with Gasteiger partial charge in [0.2, 0.25) is 0 Å². The minimum absolute atomic E-state index is 0.0942. The van der Waals surface area contributed by atoms with Gasteiger partial charge in [0.15, 0.2) is 0 Å². The normalized spacial score (nSPS) is 11.3. The summed E-state index contributed by atoms with van der Waals surface area (Å²) in [6.07, 6.45) is 1.25. The third-order valence-corrected chi connectivity index (χ3v) is 3.77. The molecule has 8 nitrogen and oxygen atoms in total. The van der Waals surface area contributed by atoms with E-state index in [-0.39, 0.29) is 5.69 Å². The van der Waals surface area contributed by atoms with E-state index >= 15 is 0 Å². The van der Waals surface area contributed by atoms with Crippen LogP contribution in [0.4, 0.5) is 5.69 Å². The fourth-order valence-electron chi connectivity index (χ4n) is 1.69. The number of benzene rings is 2. The fourth-order valence-corrected chi connectivity index (χ4v) is 2.33. The number of hydrogen-bond acceptors (Lipinski definition) is 5. The van der Waals surface area contributed by atoms with E-state index in [1.54, 1.807) is 18.2 Å². The average Bonchev–Trinajstić information content (AvgIpc) is 2.59. The van der Waals surface area contributed by atoms with Crippen LogP contribution in [0.3, 0.4) is 0 Å². The van der Waals surface area contributed by atoms with Crippen LogP contribution in [-0.2, 0) is 10.0 Å². The predicted octanol–water partition coefficient (Wildman–Crippen LogP) is 1.83. The van der Waals surface area contributed by atoms with Crippen molar-refractivity contribution in [3.63, 3.8) is 0 Å². The first-order chi connectivity index (χ1) is 11.4. The van der Waals surface area contributed by atoms with Crippen molar-refractivity contribution in [3.8, 4) is 0 Å². The second-order valence-electron chi connectivity index (χ2n) is 4.62. The number of carbonyl (C=O) groups is 1. The van der Waals surface area contributed by atoms with Crippen LogP contribution in [0.2, 0.25) is 0 Å².